The highest BCUT2D eigenvalue weighted by Gasteiger charge is 2.10. The molecule has 0 heterocycles. The molecule has 17 heavy (non-hydrogen) atoms. The number of aryl methyl sites for hydroxylation is 1. The summed E-state index contributed by atoms with van der Waals surface area (Å²) in [5.74, 6) is 0. The fraction of sp³-hybridized carbons (Fsp3) is 0.200. The number of nitrogens with two attached hydrogens (primary N) is 1. The summed E-state index contributed by atoms with van der Waals surface area (Å²) >= 11 is 0. The minimum atomic E-state index is -0.581. The maximum absolute atomic E-state index is 10.3. The van der Waals surface area contributed by atoms with Gasteiger partial charge in [0.25, 0.3) is 0 Å². The van der Waals surface area contributed by atoms with Crippen LogP contribution in [-0.2, 0) is 6.42 Å². The molecule has 1 atom stereocenters. The van der Waals surface area contributed by atoms with Crippen LogP contribution < -0.4 is 5.73 Å². The maximum atomic E-state index is 10.3. The monoisotopic (exact) mass is 227 g/mol. The number of aliphatic hydroxyl groups excluding tert-OH is 1. The van der Waals surface area contributed by atoms with Gasteiger partial charge in [-0.25, -0.2) is 0 Å². The van der Waals surface area contributed by atoms with Gasteiger partial charge in [0.15, 0.2) is 0 Å². The van der Waals surface area contributed by atoms with E-state index in [9.17, 15) is 5.11 Å². The molecule has 2 heteroatoms. The van der Waals surface area contributed by atoms with Gasteiger partial charge in [-0.15, -0.1) is 0 Å². The molecule has 1 unspecified atom stereocenters. The van der Waals surface area contributed by atoms with Crippen molar-refractivity contribution in [3.05, 3.63) is 65.2 Å². The molecule has 0 bridgehead atoms. The average molecular weight is 227 g/mol. The predicted molar refractivity (Wildman–Crippen MR) is 70.7 cm³/mol. The van der Waals surface area contributed by atoms with Crippen LogP contribution in [0, 0.1) is 0 Å². The lowest BCUT2D eigenvalue weighted by Gasteiger charge is -2.12. The van der Waals surface area contributed by atoms with E-state index < -0.39 is 6.10 Å². The number of hydrogen-bond acceptors (Lipinski definition) is 2. The van der Waals surface area contributed by atoms with E-state index in [0.717, 1.165) is 17.5 Å². The molecule has 2 nitrogen and oxygen atoms in total. The number of hydrogen-bond donors (Lipinski definition) is 2. The van der Waals surface area contributed by atoms with Crippen molar-refractivity contribution in [2.75, 3.05) is 5.73 Å². The van der Waals surface area contributed by atoms with Gasteiger partial charge in [0.05, 0.1) is 0 Å². The smallest absolute Gasteiger partial charge is 0.104 e. The van der Waals surface area contributed by atoms with Gasteiger partial charge < -0.3 is 10.8 Å². The molecule has 2 rings (SSSR count). The molecule has 3 N–H and O–H groups in total. The van der Waals surface area contributed by atoms with E-state index in [0.29, 0.717) is 5.69 Å². The van der Waals surface area contributed by atoms with Gasteiger partial charge in [-0.05, 0) is 35.2 Å². The number of benzene rings is 2. The van der Waals surface area contributed by atoms with Crippen molar-refractivity contribution in [2.24, 2.45) is 0 Å². The molecule has 88 valence electrons. The van der Waals surface area contributed by atoms with E-state index in [1.54, 1.807) is 0 Å². The molecule has 0 aliphatic carbocycles. The summed E-state index contributed by atoms with van der Waals surface area (Å²) in [6, 6.07) is 15.4. The van der Waals surface area contributed by atoms with Gasteiger partial charge in [-0.2, -0.15) is 0 Å². The van der Waals surface area contributed by atoms with E-state index in [1.165, 1.54) is 5.56 Å². The summed E-state index contributed by atoms with van der Waals surface area (Å²) in [6.45, 7) is 2.11. The zero-order chi connectivity index (χ0) is 12.3. The first-order valence-electron chi connectivity index (χ1n) is 5.83. The summed E-state index contributed by atoms with van der Waals surface area (Å²) in [6.07, 6.45) is 0.393. The largest absolute Gasteiger partial charge is 0.399 e. The van der Waals surface area contributed by atoms with Crippen LogP contribution >= 0.6 is 0 Å². The lowest BCUT2D eigenvalue weighted by molar-refractivity contribution is 0.220. The third kappa shape index (κ3) is 2.66. The second-order valence-corrected chi connectivity index (χ2v) is 4.17. The van der Waals surface area contributed by atoms with Crippen molar-refractivity contribution < 1.29 is 5.11 Å². The standard InChI is InChI=1S/C15H17NO/c1-2-11-4-3-5-13(10-11)15(17)12-6-8-14(16)9-7-12/h3-10,15,17H,2,16H2,1H3. The number of aliphatic hydroxyl groups is 1. The molecule has 0 saturated heterocycles. The van der Waals surface area contributed by atoms with E-state index in [1.807, 2.05) is 42.5 Å². The maximum Gasteiger partial charge on any atom is 0.104 e. The quantitative estimate of drug-likeness (QED) is 0.792. The van der Waals surface area contributed by atoms with Crippen LogP contribution in [0.15, 0.2) is 48.5 Å². The first kappa shape index (κ1) is 11.7. The first-order valence-corrected chi connectivity index (χ1v) is 5.83. The SMILES string of the molecule is CCc1cccc(C(O)c2ccc(N)cc2)c1. The molecule has 0 saturated carbocycles. The Hall–Kier alpha value is -1.80. The van der Waals surface area contributed by atoms with Gasteiger partial charge in [0.2, 0.25) is 0 Å². The Morgan fingerprint density at radius 1 is 1.06 bits per heavy atom. The van der Waals surface area contributed by atoms with Crippen LogP contribution in [0.25, 0.3) is 0 Å². The Morgan fingerprint density at radius 3 is 2.41 bits per heavy atom. The van der Waals surface area contributed by atoms with Crippen LogP contribution in [0.1, 0.15) is 29.7 Å². The summed E-state index contributed by atoms with van der Waals surface area (Å²) in [5, 5.41) is 10.3. The highest BCUT2D eigenvalue weighted by molar-refractivity contribution is 5.42. The molecule has 0 aliphatic heterocycles. The number of rotatable bonds is 3. The average Bonchev–Trinajstić information content (AvgIpc) is 2.39. The molecule has 0 aliphatic rings. The minimum Gasteiger partial charge on any atom is -0.399 e. The fourth-order valence-corrected chi connectivity index (χ4v) is 1.85. The molecule has 0 spiro atoms. The summed E-state index contributed by atoms with van der Waals surface area (Å²) in [5.41, 5.74) is 9.37. The molecule has 0 radical (unpaired) electrons. The Bertz CT molecular complexity index is 491. The van der Waals surface area contributed by atoms with E-state index in [-0.39, 0.29) is 0 Å². The van der Waals surface area contributed by atoms with Crippen LogP contribution in [-0.4, -0.2) is 5.11 Å². The van der Waals surface area contributed by atoms with Crippen molar-refractivity contribution in [1.82, 2.24) is 0 Å². The van der Waals surface area contributed by atoms with Gasteiger partial charge >= 0.3 is 0 Å². The van der Waals surface area contributed by atoms with Crippen LogP contribution in [0.2, 0.25) is 0 Å². The number of anilines is 1. The third-order valence-corrected chi connectivity index (χ3v) is 2.93. The normalized spacial score (nSPS) is 12.4. The van der Waals surface area contributed by atoms with Crippen molar-refractivity contribution in [1.29, 1.82) is 0 Å². The molecule has 0 fully saturated rings. The third-order valence-electron chi connectivity index (χ3n) is 2.93. The van der Waals surface area contributed by atoms with E-state index in [4.69, 9.17) is 5.73 Å². The first-order chi connectivity index (χ1) is 8.20. The molecular weight excluding hydrogens is 210 g/mol. The van der Waals surface area contributed by atoms with Crippen molar-refractivity contribution in [3.8, 4) is 0 Å². The Balaban J connectivity index is 2.29. The highest BCUT2D eigenvalue weighted by Crippen LogP contribution is 2.23. The Labute approximate surface area is 102 Å². The van der Waals surface area contributed by atoms with Crippen LogP contribution in [0.4, 0.5) is 5.69 Å². The topological polar surface area (TPSA) is 46.2 Å². The van der Waals surface area contributed by atoms with Crippen LogP contribution in [0.3, 0.4) is 0 Å². The lowest BCUT2D eigenvalue weighted by atomic mass is 9.99. The zero-order valence-corrected chi connectivity index (χ0v) is 9.93. The molecule has 2 aromatic carbocycles. The summed E-state index contributed by atoms with van der Waals surface area (Å²) in [4.78, 5) is 0. The van der Waals surface area contributed by atoms with Crippen molar-refractivity contribution in [3.63, 3.8) is 0 Å². The van der Waals surface area contributed by atoms with Gasteiger partial charge in [0, 0.05) is 5.69 Å². The van der Waals surface area contributed by atoms with E-state index in [2.05, 4.69) is 13.0 Å². The second-order valence-electron chi connectivity index (χ2n) is 4.17. The zero-order valence-electron chi connectivity index (χ0n) is 9.93. The molecule has 2 aromatic rings. The number of nitrogen functional groups attached to an aromatic ring is 1. The summed E-state index contributed by atoms with van der Waals surface area (Å²) in [7, 11) is 0. The Morgan fingerprint density at radius 2 is 1.76 bits per heavy atom. The molecule has 0 amide bonds. The molecular formula is C15H17NO. The second kappa shape index (κ2) is 5.02. The van der Waals surface area contributed by atoms with Crippen LogP contribution in [0.5, 0.6) is 0 Å². The highest BCUT2D eigenvalue weighted by atomic mass is 16.3. The van der Waals surface area contributed by atoms with Crippen molar-refractivity contribution in [2.45, 2.75) is 19.4 Å². The van der Waals surface area contributed by atoms with Gasteiger partial charge in [-0.3, -0.25) is 0 Å². The lowest BCUT2D eigenvalue weighted by Crippen LogP contribution is -2.00. The fourth-order valence-electron chi connectivity index (χ4n) is 1.85. The Kier molecular flexibility index (Phi) is 3.45. The van der Waals surface area contributed by atoms with Gasteiger partial charge in [0.1, 0.15) is 6.10 Å². The summed E-state index contributed by atoms with van der Waals surface area (Å²) < 4.78 is 0. The minimum absolute atomic E-state index is 0.581. The van der Waals surface area contributed by atoms with Gasteiger partial charge in [-0.1, -0.05) is 43.3 Å². The molecule has 0 aromatic heterocycles. The van der Waals surface area contributed by atoms with E-state index >= 15 is 0 Å². The van der Waals surface area contributed by atoms with Crippen molar-refractivity contribution >= 4 is 5.69 Å². The predicted octanol–water partition coefficient (Wildman–Crippen LogP) is 2.91.